The number of nitrogens with zero attached hydrogens (tertiary/aromatic N) is 3. The van der Waals surface area contributed by atoms with Gasteiger partial charge in [0, 0.05) is 13.1 Å². The molecule has 180 valence electrons. The van der Waals surface area contributed by atoms with Crippen LogP contribution >= 0.6 is 0 Å². The van der Waals surface area contributed by atoms with Crippen molar-refractivity contribution in [3.63, 3.8) is 0 Å². The molecule has 2 N–H and O–H groups in total. The number of hydrogen-bond donors (Lipinski definition) is 2. The predicted molar refractivity (Wildman–Crippen MR) is 117 cm³/mol. The Morgan fingerprint density at radius 3 is 2.48 bits per heavy atom. The van der Waals surface area contributed by atoms with Gasteiger partial charge >= 0.3 is 6.18 Å². The maximum Gasteiger partial charge on any atom is 0.449 e. The van der Waals surface area contributed by atoms with Crippen LogP contribution in [0.25, 0.3) is 11.0 Å². The lowest BCUT2D eigenvalue weighted by molar-refractivity contribution is -0.147. The van der Waals surface area contributed by atoms with Crippen molar-refractivity contribution < 1.29 is 32.9 Å². The van der Waals surface area contributed by atoms with Crippen molar-refractivity contribution in [3.8, 4) is 5.75 Å². The third kappa shape index (κ3) is 7.16. The van der Waals surface area contributed by atoms with Gasteiger partial charge in [-0.2, -0.15) is 13.2 Å². The summed E-state index contributed by atoms with van der Waals surface area (Å²) < 4.78 is 52.1. The van der Waals surface area contributed by atoms with Crippen LogP contribution in [0.4, 0.5) is 13.2 Å². The number of imidazole rings is 1. The standard InChI is InChI=1S/C23H28F3N3O4/c1-28(14-17-6-8-19(9-7-17)33-13-12-32-11-10-30)15-18(31)16-29-21-5-3-2-4-20(21)27-22(29)23(24,25)26/h2-9,18,30-31H,10-16H2,1H3/t18-/m1/s1. The molecule has 0 amide bonds. The summed E-state index contributed by atoms with van der Waals surface area (Å²) in [7, 11) is 1.79. The van der Waals surface area contributed by atoms with Gasteiger partial charge in [0.1, 0.15) is 12.4 Å². The minimum absolute atomic E-state index is 0.0285. The first-order valence-corrected chi connectivity index (χ1v) is 10.6. The molecule has 1 atom stereocenters. The van der Waals surface area contributed by atoms with Gasteiger partial charge in [-0.05, 0) is 36.9 Å². The SMILES string of the molecule is CN(Cc1ccc(OCCOCCO)cc1)C[C@@H](O)Cn1c(C(F)(F)F)nc2ccccc21. The lowest BCUT2D eigenvalue weighted by Gasteiger charge is -2.22. The average Bonchev–Trinajstić information content (AvgIpc) is 3.13. The second kappa shape index (κ2) is 11.5. The van der Waals surface area contributed by atoms with Gasteiger partial charge in [0.25, 0.3) is 0 Å². The lowest BCUT2D eigenvalue weighted by Crippen LogP contribution is -2.32. The van der Waals surface area contributed by atoms with E-state index in [4.69, 9.17) is 14.6 Å². The van der Waals surface area contributed by atoms with E-state index in [1.54, 1.807) is 25.2 Å². The fourth-order valence-electron chi connectivity index (χ4n) is 3.56. The number of aliphatic hydroxyl groups excluding tert-OH is 2. The topological polar surface area (TPSA) is 80.0 Å². The minimum atomic E-state index is -4.61. The number of hydrogen-bond acceptors (Lipinski definition) is 6. The molecule has 7 nitrogen and oxygen atoms in total. The van der Waals surface area contributed by atoms with E-state index in [2.05, 4.69) is 4.98 Å². The van der Waals surface area contributed by atoms with Crippen LogP contribution in [0.15, 0.2) is 48.5 Å². The molecule has 1 aromatic heterocycles. The van der Waals surface area contributed by atoms with E-state index in [0.717, 1.165) is 10.1 Å². The molecule has 33 heavy (non-hydrogen) atoms. The van der Waals surface area contributed by atoms with Crippen molar-refractivity contribution >= 4 is 11.0 Å². The van der Waals surface area contributed by atoms with Crippen molar-refractivity contribution in [1.82, 2.24) is 14.5 Å². The molecule has 0 spiro atoms. The molecule has 0 aliphatic heterocycles. The van der Waals surface area contributed by atoms with E-state index in [1.807, 2.05) is 29.2 Å². The van der Waals surface area contributed by atoms with Crippen molar-refractivity contribution in [1.29, 1.82) is 0 Å². The molecule has 2 aromatic carbocycles. The molecule has 0 bridgehead atoms. The Kier molecular flexibility index (Phi) is 8.67. The minimum Gasteiger partial charge on any atom is -0.491 e. The second-order valence-electron chi connectivity index (χ2n) is 7.71. The van der Waals surface area contributed by atoms with Crippen molar-refractivity contribution in [3.05, 3.63) is 59.9 Å². The summed E-state index contributed by atoms with van der Waals surface area (Å²) in [4.78, 5) is 5.55. The summed E-state index contributed by atoms with van der Waals surface area (Å²) in [5.74, 6) is -0.330. The Bertz CT molecular complexity index is 1010. The molecular weight excluding hydrogens is 439 g/mol. The average molecular weight is 467 g/mol. The number of likely N-dealkylation sites (N-methyl/N-ethyl adjacent to an activating group) is 1. The molecule has 0 saturated heterocycles. The van der Waals surface area contributed by atoms with Crippen LogP contribution in [0.2, 0.25) is 0 Å². The first-order valence-electron chi connectivity index (χ1n) is 10.6. The molecule has 3 rings (SSSR count). The monoisotopic (exact) mass is 467 g/mol. The number of halogens is 3. The van der Waals surface area contributed by atoms with Crippen LogP contribution in [0.1, 0.15) is 11.4 Å². The summed E-state index contributed by atoms with van der Waals surface area (Å²) >= 11 is 0. The van der Waals surface area contributed by atoms with Crippen molar-refractivity contribution in [2.75, 3.05) is 40.0 Å². The highest BCUT2D eigenvalue weighted by Crippen LogP contribution is 2.31. The van der Waals surface area contributed by atoms with Gasteiger partial charge in [0.15, 0.2) is 0 Å². The van der Waals surface area contributed by atoms with E-state index in [-0.39, 0.29) is 31.8 Å². The van der Waals surface area contributed by atoms with E-state index in [0.29, 0.717) is 31.0 Å². The number of benzene rings is 2. The lowest BCUT2D eigenvalue weighted by atomic mass is 10.2. The number of aliphatic hydroxyl groups is 2. The number of alkyl halides is 3. The number of ether oxygens (including phenoxy) is 2. The summed E-state index contributed by atoms with van der Waals surface area (Å²) in [6.45, 7) is 1.47. The molecule has 0 aliphatic rings. The molecular formula is C23H28F3N3O4. The molecule has 0 fully saturated rings. The van der Waals surface area contributed by atoms with Crippen LogP contribution in [-0.4, -0.2) is 70.8 Å². The van der Waals surface area contributed by atoms with E-state index in [9.17, 15) is 18.3 Å². The van der Waals surface area contributed by atoms with E-state index >= 15 is 0 Å². The highest BCUT2D eigenvalue weighted by molar-refractivity contribution is 5.76. The van der Waals surface area contributed by atoms with Crippen molar-refractivity contribution in [2.45, 2.75) is 25.4 Å². The van der Waals surface area contributed by atoms with E-state index in [1.165, 1.54) is 6.07 Å². The van der Waals surface area contributed by atoms with E-state index < -0.39 is 18.1 Å². The largest absolute Gasteiger partial charge is 0.491 e. The smallest absolute Gasteiger partial charge is 0.449 e. The van der Waals surface area contributed by atoms with Crippen LogP contribution in [-0.2, 0) is 24.0 Å². The van der Waals surface area contributed by atoms with Crippen LogP contribution < -0.4 is 4.74 Å². The summed E-state index contributed by atoms with van der Waals surface area (Å²) in [6.07, 6.45) is -5.63. The van der Waals surface area contributed by atoms with Gasteiger partial charge in [-0.3, -0.25) is 4.90 Å². The van der Waals surface area contributed by atoms with Gasteiger partial charge in [0.2, 0.25) is 5.82 Å². The third-order valence-electron chi connectivity index (χ3n) is 4.93. The zero-order valence-electron chi connectivity index (χ0n) is 18.3. The first kappa shape index (κ1) is 25.0. The first-order chi connectivity index (χ1) is 15.8. The Hall–Kier alpha value is -2.66. The Morgan fingerprint density at radius 2 is 1.79 bits per heavy atom. The van der Waals surface area contributed by atoms with Gasteiger partial charge in [0.05, 0.1) is 43.5 Å². The maximum absolute atomic E-state index is 13.4. The van der Waals surface area contributed by atoms with Gasteiger partial charge in [-0.1, -0.05) is 24.3 Å². The van der Waals surface area contributed by atoms with Gasteiger partial charge in [-0.25, -0.2) is 4.98 Å². The molecule has 0 saturated carbocycles. The number of fused-ring (bicyclic) bond motifs is 1. The summed E-state index contributed by atoms with van der Waals surface area (Å²) in [6, 6.07) is 13.8. The van der Waals surface area contributed by atoms with Gasteiger partial charge in [-0.15, -0.1) is 0 Å². The molecule has 0 aliphatic carbocycles. The zero-order chi connectivity index (χ0) is 23.8. The second-order valence-corrected chi connectivity index (χ2v) is 7.71. The molecule has 0 radical (unpaired) electrons. The number of aromatic nitrogens is 2. The highest BCUT2D eigenvalue weighted by atomic mass is 19.4. The number of rotatable bonds is 12. The van der Waals surface area contributed by atoms with Crippen LogP contribution in [0.3, 0.4) is 0 Å². The third-order valence-corrected chi connectivity index (χ3v) is 4.93. The predicted octanol–water partition coefficient (Wildman–Crippen LogP) is 2.94. The molecule has 1 heterocycles. The summed E-state index contributed by atoms with van der Waals surface area (Å²) in [5, 5.41) is 19.2. The summed E-state index contributed by atoms with van der Waals surface area (Å²) in [5.41, 5.74) is 1.55. The molecule has 0 unspecified atom stereocenters. The van der Waals surface area contributed by atoms with Crippen molar-refractivity contribution in [2.24, 2.45) is 0 Å². The normalized spacial score (nSPS) is 13.1. The number of para-hydroxylation sites is 2. The molecule has 10 heteroatoms. The Morgan fingerprint density at radius 1 is 1.06 bits per heavy atom. The quantitative estimate of drug-likeness (QED) is 0.399. The molecule has 3 aromatic rings. The van der Waals surface area contributed by atoms with Crippen LogP contribution in [0.5, 0.6) is 5.75 Å². The fourth-order valence-corrected chi connectivity index (χ4v) is 3.56. The highest BCUT2D eigenvalue weighted by Gasteiger charge is 2.38. The Labute approximate surface area is 190 Å². The Balaban J connectivity index is 1.55. The zero-order valence-corrected chi connectivity index (χ0v) is 18.3. The maximum atomic E-state index is 13.4. The fraction of sp³-hybridized carbons (Fsp3) is 0.435. The van der Waals surface area contributed by atoms with Gasteiger partial charge < -0.3 is 24.3 Å². The van der Waals surface area contributed by atoms with Crippen LogP contribution in [0, 0.1) is 0 Å².